The molecule has 2 N–H and O–H groups in total. The van der Waals surface area contributed by atoms with Gasteiger partial charge in [-0.05, 0) is 121 Å². The van der Waals surface area contributed by atoms with Crippen LogP contribution in [0.2, 0.25) is 0 Å². The minimum atomic E-state index is -0.345. The third-order valence-corrected chi connectivity index (χ3v) is 17.3. The molecule has 0 radical (unpaired) electrons. The van der Waals surface area contributed by atoms with Crippen LogP contribution in [0, 0.1) is 69.0 Å². The molecule has 4 saturated heterocycles. The quantitative estimate of drug-likeness (QED) is 0.369. The molecule has 8 fully saturated rings. The maximum Gasteiger partial charge on any atom is 0.232 e. The summed E-state index contributed by atoms with van der Waals surface area (Å²) in [6, 6.07) is 0. The molecule has 4 heterocycles. The van der Waals surface area contributed by atoms with Crippen LogP contribution < -0.4 is 10.6 Å². The third kappa shape index (κ3) is 4.44. The van der Waals surface area contributed by atoms with E-state index in [1.54, 1.807) is 0 Å². The molecule has 2 amide bonds. The number of rotatable bonds is 4. The van der Waals surface area contributed by atoms with Crippen LogP contribution in [0.5, 0.6) is 0 Å². The van der Waals surface area contributed by atoms with Gasteiger partial charge in [0.1, 0.15) is 6.42 Å². The first-order valence-corrected chi connectivity index (χ1v) is 19.4. The Morgan fingerprint density at radius 3 is 2.33 bits per heavy atom. The molecule has 4 saturated carbocycles. The number of hydrogen-bond donors (Lipinski definition) is 2. The molecule has 4 aliphatic heterocycles. The Labute approximate surface area is 278 Å². The highest BCUT2D eigenvalue weighted by Crippen LogP contribution is 2.79. The van der Waals surface area contributed by atoms with Crippen LogP contribution in [-0.4, -0.2) is 67.9 Å². The molecule has 14 atom stereocenters. The first-order chi connectivity index (χ1) is 21.8. The normalized spacial score (nSPS) is 54.1. The molecule has 46 heavy (non-hydrogen) atoms. The van der Waals surface area contributed by atoms with Crippen molar-refractivity contribution >= 4 is 11.8 Å². The van der Waals surface area contributed by atoms with Crippen LogP contribution in [0.15, 0.2) is 0 Å². The fourth-order valence-electron chi connectivity index (χ4n) is 14.1. The Balaban J connectivity index is 0.903. The van der Waals surface area contributed by atoms with Gasteiger partial charge in [0.05, 0.1) is 12.7 Å². The first kappa shape index (κ1) is 32.0. The van der Waals surface area contributed by atoms with Crippen LogP contribution in [0.4, 0.5) is 0 Å². The fraction of sp³-hybridized carbons (Fsp3) is 0.949. The monoisotopic (exact) mass is 637 g/mol. The van der Waals surface area contributed by atoms with E-state index in [0.29, 0.717) is 69.2 Å². The molecule has 0 aromatic heterocycles. The Kier molecular flexibility index (Phi) is 7.60. The van der Waals surface area contributed by atoms with Gasteiger partial charge in [-0.2, -0.15) is 0 Å². The van der Waals surface area contributed by atoms with Crippen LogP contribution >= 0.6 is 0 Å². The predicted molar refractivity (Wildman–Crippen MR) is 178 cm³/mol. The Bertz CT molecular complexity index is 1220. The first-order valence-electron chi connectivity index (χ1n) is 19.4. The largest absolute Gasteiger partial charge is 0.355 e. The Hall–Kier alpha value is -1.18. The lowest BCUT2D eigenvalue weighted by Crippen LogP contribution is -2.63. The second kappa shape index (κ2) is 10.9. The molecular weight excluding hydrogens is 574 g/mol. The minimum absolute atomic E-state index is 0.00845. The molecule has 7 heteroatoms. The predicted octanol–water partition coefficient (Wildman–Crippen LogP) is 6.01. The maximum atomic E-state index is 12.9. The number of likely N-dealkylation sites (tertiary alicyclic amines) is 1. The smallest absolute Gasteiger partial charge is 0.232 e. The molecule has 7 nitrogen and oxygen atoms in total. The summed E-state index contributed by atoms with van der Waals surface area (Å²) in [6.07, 6.45) is 12.8. The molecule has 4 aliphatic carbocycles. The van der Waals surface area contributed by atoms with E-state index in [1.165, 1.54) is 57.8 Å². The summed E-state index contributed by atoms with van der Waals surface area (Å²) in [6.45, 7) is 20.7. The van der Waals surface area contributed by atoms with Crippen molar-refractivity contribution in [1.29, 1.82) is 0 Å². The zero-order chi connectivity index (χ0) is 32.3. The summed E-state index contributed by atoms with van der Waals surface area (Å²) in [4.78, 5) is 27.7. The SMILES string of the molecule is C[C@H]1CC[C@@]2(OC1)O[C@H]1C[C@@]3(C)[C@@H]4CC[C@@H]5CC(CNC(=O)CC(=O)N6CC7CNCC7C6)CC[C@]5(C)[C@@]4(C)CC[C@]3(C)[C@H]1[C@@H]2C. The maximum absolute atomic E-state index is 12.9. The van der Waals surface area contributed by atoms with Gasteiger partial charge in [-0.15, -0.1) is 0 Å². The molecular formula is C39H63N3O4. The fourth-order valence-corrected chi connectivity index (χ4v) is 14.1. The Morgan fingerprint density at radius 1 is 0.870 bits per heavy atom. The molecule has 0 bridgehead atoms. The van der Waals surface area contributed by atoms with Crippen molar-refractivity contribution in [2.75, 3.05) is 39.3 Å². The highest BCUT2D eigenvalue weighted by atomic mass is 16.7. The van der Waals surface area contributed by atoms with E-state index >= 15 is 0 Å². The van der Waals surface area contributed by atoms with Crippen molar-refractivity contribution in [3.63, 3.8) is 0 Å². The van der Waals surface area contributed by atoms with E-state index in [2.05, 4.69) is 52.2 Å². The lowest BCUT2D eigenvalue weighted by atomic mass is 9.34. The summed E-state index contributed by atoms with van der Waals surface area (Å²) in [5.41, 5.74) is 1.27. The van der Waals surface area contributed by atoms with Gasteiger partial charge >= 0.3 is 0 Å². The molecule has 258 valence electrons. The van der Waals surface area contributed by atoms with Crippen LogP contribution in [0.25, 0.3) is 0 Å². The van der Waals surface area contributed by atoms with Crippen molar-refractivity contribution < 1.29 is 19.1 Å². The van der Waals surface area contributed by atoms with Gasteiger partial charge in [0.2, 0.25) is 11.8 Å². The summed E-state index contributed by atoms with van der Waals surface area (Å²) in [5.74, 6) is 4.38. The second-order valence-corrected chi connectivity index (χ2v) is 19.0. The minimum Gasteiger partial charge on any atom is -0.355 e. The molecule has 0 aromatic carbocycles. The van der Waals surface area contributed by atoms with E-state index in [1.807, 2.05) is 4.90 Å². The second-order valence-electron chi connectivity index (χ2n) is 19.0. The molecule has 8 aliphatic rings. The van der Waals surface area contributed by atoms with Crippen LogP contribution in [-0.2, 0) is 19.1 Å². The van der Waals surface area contributed by atoms with E-state index < -0.39 is 0 Å². The van der Waals surface area contributed by atoms with Gasteiger partial charge < -0.3 is 25.0 Å². The average Bonchev–Trinajstić information content (AvgIpc) is 3.74. The molecule has 1 spiro atoms. The summed E-state index contributed by atoms with van der Waals surface area (Å²) >= 11 is 0. The highest BCUT2D eigenvalue weighted by Gasteiger charge is 2.75. The molecule has 0 aromatic rings. The third-order valence-electron chi connectivity index (χ3n) is 17.3. The lowest BCUT2D eigenvalue weighted by Gasteiger charge is -2.70. The van der Waals surface area contributed by atoms with E-state index in [-0.39, 0.29) is 24.0 Å². The Morgan fingerprint density at radius 2 is 1.61 bits per heavy atom. The van der Waals surface area contributed by atoms with Crippen molar-refractivity contribution in [2.45, 2.75) is 124 Å². The van der Waals surface area contributed by atoms with Gasteiger partial charge in [-0.3, -0.25) is 9.59 Å². The van der Waals surface area contributed by atoms with Crippen LogP contribution in [0.1, 0.15) is 112 Å². The van der Waals surface area contributed by atoms with Crippen molar-refractivity contribution in [2.24, 2.45) is 69.0 Å². The number of nitrogens with one attached hydrogen (secondary N) is 2. The van der Waals surface area contributed by atoms with E-state index in [9.17, 15) is 9.59 Å². The number of nitrogens with zero attached hydrogens (tertiary/aromatic N) is 1. The average molecular weight is 638 g/mol. The summed E-state index contributed by atoms with van der Waals surface area (Å²) < 4.78 is 13.7. The van der Waals surface area contributed by atoms with Crippen molar-refractivity contribution in [3.8, 4) is 0 Å². The number of carbonyl (C=O) groups excluding carboxylic acids is 2. The number of fused-ring (bicyclic) bond motifs is 8. The van der Waals surface area contributed by atoms with Gasteiger partial charge in [-0.25, -0.2) is 0 Å². The standard InChI is InChI=1S/C39H63N3O4/c1-24-9-12-39(45-23-24)25(2)34-30(46-39)17-38(6)31-8-7-29-15-26(10-11-35(29,3)36(31,4)13-14-37(34,38)5)18-41-32(43)16-33(44)42-21-27-19-40-20-28(27)22-42/h24-31,34,40H,7-23H2,1-6H3,(H,41,43)/t24-,25-,26?,27?,28?,29+,30-,31+,34-,35-,36-,37+,38-,39+/m0/s1. The van der Waals surface area contributed by atoms with Crippen molar-refractivity contribution in [1.82, 2.24) is 15.5 Å². The molecule has 3 unspecified atom stereocenters. The van der Waals surface area contributed by atoms with Crippen LogP contribution in [0.3, 0.4) is 0 Å². The number of amides is 2. The number of hydrogen-bond acceptors (Lipinski definition) is 5. The van der Waals surface area contributed by atoms with E-state index in [0.717, 1.165) is 51.7 Å². The highest BCUT2D eigenvalue weighted by molar-refractivity contribution is 5.97. The topological polar surface area (TPSA) is 79.9 Å². The van der Waals surface area contributed by atoms with Gasteiger partial charge in [0.15, 0.2) is 5.79 Å². The summed E-state index contributed by atoms with van der Waals surface area (Å²) in [5, 5.41) is 6.63. The van der Waals surface area contributed by atoms with Gasteiger partial charge in [-0.1, -0.05) is 41.5 Å². The zero-order valence-electron chi connectivity index (χ0n) is 29.8. The van der Waals surface area contributed by atoms with Crippen molar-refractivity contribution in [3.05, 3.63) is 0 Å². The van der Waals surface area contributed by atoms with E-state index in [4.69, 9.17) is 9.47 Å². The van der Waals surface area contributed by atoms with Gasteiger partial charge in [0, 0.05) is 45.1 Å². The summed E-state index contributed by atoms with van der Waals surface area (Å²) in [7, 11) is 0. The number of carbonyl (C=O) groups is 2. The lowest BCUT2D eigenvalue weighted by molar-refractivity contribution is -0.279. The molecule has 8 rings (SSSR count). The zero-order valence-corrected chi connectivity index (χ0v) is 29.8. The van der Waals surface area contributed by atoms with Gasteiger partial charge in [0.25, 0.3) is 0 Å². The number of ether oxygens (including phenoxy) is 2.